The first-order valence-electron chi connectivity index (χ1n) is 6.63. The summed E-state index contributed by atoms with van der Waals surface area (Å²) < 4.78 is 11.5. The predicted molar refractivity (Wildman–Crippen MR) is 81.6 cm³/mol. The molecule has 0 radical (unpaired) electrons. The van der Waals surface area contributed by atoms with Crippen molar-refractivity contribution in [2.45, 2.75) is 31.4 Å². The van der Waals surface area contributed by atoms with E-state index >= 15 is 0 Å². The number of ketones is 1. The van der Waals surface area contributed by atoms with Crippen LogP contribution >= 0.6 is 11.3 Å². The molecule has 1 aromatic heterocycles. The maximum absolute atomic E-state index is 12.1. The second kappa shape index (κ2) is 6.18. The van der Waals surface area contributed by atoms with E-state index in [0.717, 1.165) is 0 Å². The van der Waals surface area contributed by atoms with Crippen molar-refractivity contribution in [3.8, 4) is 0 Å². The van der Waals surface area contributed by atoms with Crippen LogP contribution in [0.1, 0.15) is 36.4 Å². The number of thiophene rings is 1. The van der Waals surface area contributed by atoms with Crippen molar-refractivity contribution < 1.29 is 13.8 Å². The van der Waals surface area contributed by atoms with E-state index in [0.29, 0.717) is 23.7 Å². The molecule has 6 heteroatoms. The summed E-state index contributed by atoms with van der Waals surface area (Å²) in [4.78, 5) is 26.5. The SMILES string of the molecule is CC1(C)CN(C(=O)CCC(=O)c2cccs2)CCS1=O. The van der Waals surface area contributed by atoms with Gasteiger partial charge in [0.05, 0.1) is 9.62 Å². The van der Waals surface area contributed by atoms with Crippen molar-refractivity contribution in [3.63, 3.8) is 0 Å². The zero-order valence-electron chi connectivity index (χ0n) is 11.8. The summed E-state index contributed by atoms with van der Waals surface area (Å²) in [6, 6.07) is 3.62. The summed E-state index contributed by atoms with van der Waals surface area (Å²) in [7, 11) is -0.884. The molecule has 20 heavy (non-hydrogen) atoms. The maximum atomic E-state index is 12.1. The van der Waals surface area contributed by atoms with E-state index in [1.165, 1.54) is 11.3 Å². The number of carbonyl (C=O) groups is 2. The molecule has 0 N–H and O–H groups in total. The Morgan fingerprint density at radius 2 is 2.15 bits per heavy atom. The lowest BCUT2D eigenvalue weighted by Gasteiger charge is -2.37. The normalized spacial score (nSPS) is 21.7. The van der Waals surface area contributed by atoms with Gasteiger partial charge >= 0.3 is 0 Å². The van der Waals surface area contributed by atoms with Crippen LogP contribution in [0.25, 0.3) is 0 Å². The number of carbonyl (C=O) groups excluding carboxylic acids is 2. The van der Waals surface area contributed by atoms with E-state index in [9.17, 15) is 13.8 Å². The third kappa shape index (κ3) is 3.55. The Bertz CT molecular complexity index is 523. The van der Waals surface area contributed by atoms with Crippen molar-refractivity contribution in [1.82, 2.24) is 4.90 Å². The fourth-order valence-corrected chi connectivity index (χ4v) is 4.16. The highest BCUT2D eigenvalue weighted by Crippen LogP contribution is 2.21. The first-order valence-corrected chi connectivity index (χ1v) is 8.83. The second-order valence-corrected chi connectivity index (χ2v) is 8.68. The number of Topliss-reactive ketones (excluding diaryl/α,β-unsaturated/α-hetero) is 1. The van der Waals surface area contributed by atoms with E-state index in [2.05, 4.69) is 0 Å². The van der Waals surface area contributed by atoms with Crippen molar-refractivity contribution >= 4 is 33.8 Å². The fourth-order valence-electron chi connectivity index (χ4n) is 2.23. The number of rotatable bonds is 4. The van der Waals surface area contributed by atoms with Gasteiger partial charge in [-0.15, -0.1) is 11.3 Å². The highest BCUT2D eigenvalue weighted by atomic mass is 32.2. The lowest BCUT2D eigenvalue weighted by Crippen LogP contribution is -2.52. The van der Waals surface area contributed by atoms with Gasteiger partial charge in [-0.05, 0) is 25.3 Å². The third-order valence-corrected chi connectivity index (χ3v) is 6.28. The largest absolute Gasteiger partial charge is 0.340 e. The van der Waals surface area contributed by atoms with Crippen LogP contribution < -0.4 is 0 Å². The minimum atomic E-state index is -0.884. The van der Waals surface area contributed by atoms with Crippen LogP contribution in [0.15, 0.2) is 17.5 Å². The summed E-state index contributed by atoms with van der Waals surface area (Å²) >= 11 is 1.40. The maximum Gasteiger partial charge on any atom is 0.223 e. The first kappa shape index (κ1) is 15.4. The van der Waals surface area contributed by atoms with E-state index in [1.807, 2.05) is 25.3 Å². The van der Waals surface area contributed by atoms with Crippen LogP contribution in [0, 0.1) is 0 Å². The molecule has 0 aromatic carbocycles. The average Bonchev–Trinajstić information content (AvgIpc) is 2.92. The second-order valence-electron chi connectivity index (χ2n) is 5.53. The number of nitrogens with zero attached hydrogens (tertiary/aromatic N) is 1. The Morgan fingerprint density at radius 3 is 2.75 bits per heavy atom. The van der Waals surface area contributed by atoms with Gasteiger partial charge in [-0.3, -0.25) is 13.8 Å². The van der Waals surface area contributed by atoms with Gasteiger partial charge in [0.25, 0.3) is 0 Å². The van der Waals surface area contributed by atoms with Crippen molar-refractivity contribution in [3.05, 3.63) is 22.4 Å². The van der Waals surface area contributed by atoms with Crippen molar-refractivity contribution in [2.75, 3.05) is 18.8 Å². The Labute approximate surface area is 125 Å². The molecule has 1 aromatic rings. The predicted octanol–water partition coefficient (Wildman–Crippen LogP) is 2.08. The highest BCUT2D eigenvalue weighted by Gasteiger charge is 2.35. The van der Waals surface area contributed by atoms with Crippen molar-refractivity contribution in [1.29, 1.82) is 0 Å². The molecule has 0 bridgehead atoms. The summed E-state index contributed by atoms with van der Waals surface area (Å²) in [6.07, 6.45) is 0.485. The molecule has 1 aliphatic rings. The minimum absolute atomic E-state index is 0.0142. The molecule has 2 rings (SSSR count). The molecule has 1 saturated heterocycles. The summed E-state index contributed by atoms with van der Waals surface area (Å²) in [5.74, 6) is 0.533. The Hall–Kier alpha value is -1.01. The standard InChI is InChI=1S/C14H19NO3S2/c1-14(2)10-15(7-9-20(14)18)13(17)6-5-11(16)12-4-3-8-19-12/h3-4,8H,5-7,9-10H2,1-2H3. The highest BCUT2D eigenvalue weighted by molar-refractivity contribution is 7.86. The molecular weight excluding hydrogens is 294 g/mol. The van der Waals surface area contributed by atoms with Gasteiger partial charge in [0.1, 0.15) is 0 Å². The van der Waals surface area contributed by atoms with Crippen LogP contribution in [0.5, 0.6) is 0 Å². The minimum Gasteiger partial charge on any atom is -0.340 e. The van der Waals surface area contributed by atoms with E-state index in [-0.39, 0.29) is 29.3 Å². The van der Waals surface area contributed by atoms with Crippen LogP contribution in [-0.2, 0) is 15.6 Å². The molecule has 1 fully saturated rings. The van der Waals surface area contributed by atoms with E-state index < -0.39 is 10.8 Å². The van der Waals surface area contributed by atoms with Gasteiger partial charge < -0.3 is 4.90 Å². The molecule has 1 atom stereocenters. The van der Waals surface area contributed by atoms with Crippen LogP contribution in [0.4, 0.5) is 0 Å². The molecule has 110 valence electrons. The average molecular weight is 313 g/mol. The quantitative estimate of drug-likeness (QED) is 0.800. The van der Waals surface area contributed by atoms with Gasteiger partial charge in [-0.2, -0.15) is 0 Å². The molecule has 0 aliphatic carbocycles. The zero-order valence-corrected chi connectivity index (χ0v) is 13.4. The molecular formula is C14H19NO3S2. The number of amides is 1. The molecule has 0 saturated carbocycles. The molecule has 1 unspecified atom stereocenters. The van der Waals surface area contributed by atoms with Crippen LogP contribution in [-0.4, -0.2) is 44.4 Å². The summed E-state index contributed by atoms with van der Waals surface area (Å²) in [5, 5.41) is 1.86. The van der Waals surface area contributed by atoms with Crippen LogP contribution in [0.3, 0.4) is 0 Å². The van der Waals surface area contributed by atoms with Crippen molar-refractivity contribution in [2.24, 2.45) is 0 Å². The van der Waals surface area contributed by atoms with Gasteiger partial charge in [0.2, 0.25) is 5.91 Å². The summed E-state index contributed by atoms with van der Waals surface area (Å²) in [6.45, 7) is 4.87. The Morgan fingerprint density at radius 1 is 1.40 bits per heavy atom. The lowest BCUT2D eigenvalue weighted by atomic mass is 10.1. The summed E-state index contributed by atoms with van der Waals surface area (Å²) in [5.41, 5.74) is 0. The molecule has 1 amide bonds. The lowest BCUT2D eigenvalue weighted by molar-refractivity contribution is -0.131. The third-order valence-electron chi connectivity index (χ3n) is 3.45. The van der Waals surface area contributed by atoms with E-state index in [1.54, 1.807) is 11.0 Å². The molecule has 0 spiro atoms. The Balaban J connectivity index is 1.86. The van der Waals surface area contributed by atoms with E-state index in [4.69, 9.17) is 0 Å². The molecule has 1 aliphatic heterocycles. The number of hydrogen-bond donors (Lipinski definition) is 0. The van der Waals surface area contributed by atoms with Crippen LogP contribution in [0.2, 0.25) is 0 Å². The van der Waals surface area contributed by atoms with Gasteiger partial charge in [-0.1, -0.05) is 6.07 Å². The smallest absolute Gasteiger partial charge is 0.223 e. The fraction of sp³-hybridized carbons (Fsp3) is 0.571. The van der Waals surface area contributed by atoms with Gasteiger partial charge in [0, 0.05) is 42.5 Å². The van der Waals surface area contributed by atoms with Gasteiger partial charge in [-0.25, -0.2) is 0 Å². The monoisotopic (exact) mass is 313 g/mol. The first-order chi connectivity index (χ1) is 9.40. The topological polar surface area (TPSA) is 54.5 Å². The Kier molecular flexibility index (Phi) is 4.75. The zero-order chi connectivity index (χ0) is 14.8. The van der Waals surface area contributed by atoms with Gasteiger partial charge in [0.15, 0.2) is 5.78 Å². The molecule has 2 heterocycles. The molecule has 4 nitrogen and oxygen atoms in total. The number of hydrogen-bond acceptors (Lipinski definition) is 4.